The normalized spacial score (nSPS) is 20.1. The highest BCUT2D eigenvalue weighted by atomic mass is 32.1. The Hall–Kier alpha value is -2.24. The molecule has 5 rings (SSSR count). The second-order valence-corrected chi connectivity index (χ2v) is 18.0. The van der Waals surface area contributed by atoms with Crippen molar-refractivity contribution in [2.24, 2.45) is 5.92 Å². The summed E-state index contributed by atoms with van der Waals surface area (Å²) in [6.07, 6.45) is 9.03. The fourth-order valence-corrected chi connectivity index (χ4v) is 7.01. The Balaban J connectivity index is 1.23. The summed E-state index contributed by atoms with van der Waals surface area (Å²) in [7, 11) is -0.243. The summed E-state index contributed by atoms with van der Waals surface area (Å²) in [5.74, 6) is 0.871. The van der Waals surface area contributed by atoms with E-state index in [-0.39, 0.29) is 35.8 Å². The zero-order valence-electron chi connectivity index (χ0n) is 23.9. The lowest BCUT2D eigenvalue weighted by Crippen LogP contribution is -2.46. The summed E-state index contributed by atoms with van der Waals surface area (Å²) in [6.45, 7) is 12.0. The predicted octanol–water partition coefficient (Wildman–Crippen LogP) is 6.56. The van der Waals surface area contributed by atoms with E-state index in [2.05, 4.69) is 49.9 Å². The number of thiazole rings is 1. The summed E-state index contributed by atoms with van der Waals surface area (Å²) in [4.78, 5) is 28.3. The number of benzene rings is 1. The van der Waals surface area contributed by atoms with Crippen LogP contribution in [0.15, 0.2) is 30.6 Å². The third kappa shape index (κ3) is 6.41. The van der Waals surface area contributed by atoms with Gasteiger partial charge in [0.25, 0.3) is 0 Å². The lowest BCUT2D eigenvalue weighted by atomic mass is 10.1. The van der Waals surface area contributed by atoms with E-state index in [9.17, 15) is 4.79 Å². The highest BCUT2D eigenvalue weighted by Gasteiger charge is 2.42. The SMILES string of the molecule is COCN(C(=O)C1CC1)c1nc2ccc(-c3cnc(CO[C@H]4CCC[C@@H]4O[Si](C)(C)C(C)(C)C)nc3)cc2s1. The zero-order chi connectivity index (χ0) is 27.8. The van der Waals surface area contributed by atoms with Crippen molar-refractivity contribution >= 4 is 40.9 Å². The monoisotopic (exact) mass is 568 g/mol. The first kappa shape index (κ1) is 28.3. The molecule has 1 amide bonds. The molecule has 2 saturated carbocycles. The molecular formula is C29H40N4O4SSi. The molecular weight excluding hydrogens is 528 g/mol. The number of hydrogen-bond acceptors (Lipinski definition) is 8. The molecule has 0 aliphatic heterocycles. The van der Waals surface area contributed by atoms with Gasteiger partial charge in [0.05, 0.1) is 22.4 Å². The molecule has 2 aliphatic carbocycles. The maximum atomic E-state index is 12.7. The second kappa shape index (κ2) is 11.3. The van der Waals surface area contributed by atoms with Crippen molar-refractivity contribution in [2.75, 3.05) is 18.7 Å². The van der Waals surface area contributed by atoms with Crippen molar-refractivity contribution in [2.45, 2.75) is 89.8 Å². The fourth-order valence-electron chi connectivity index (χ4n) is 4.63. The van der Waals surface area contributed by atoms with Gasteiger partial charge in [0.15, 0.2) is 19.3 Å². The Labute approximate surface area is 236 Å². The molecule has 0 saturated heterocycles. The molecule has 2 atom stereocenters. The molecule has 2 aromatic heterocycles. The molecule has 210 valence electrons. The number of carbonyl (C=O) groups excluding carboxylic acids is 1. The average molecular weight is 569 g/mol. The molecule has 0 spiro atoms. The summed E-state index contributed by atoms with van der Waals surface area (Å²) >= 11 is 1.50. The molecule has 8 nitrogen and oxygen atoms in total. The Kier molecular flexibility index (Phi) is 8.22. The van der Waals surface area contributed by atoms with Crippen LogP contribution in [-0.4, -0.2) is 55.2 Å². The maximum Gasteiger partial charge on any atom is 0.233 e. The highest BCUT2D eigenvalue weighted by molar-refractivity contribution is 7.22. The van der Waals surface area contributed by atoms with Crippen molar-refractivity contribution in [1.82, 2.24) is 15.0 Å². The summed E-state index contributed by atoms with van der Waals surface area (Å²) in [6, 6.07) is 6.08. The van der Waals surface area contributed by atoms with Gasteiger partial charge in [-0.2, -0.15) is 0 Å². The number of fused-ring (bicyclic) bond motifs is 1. The lowest BCUT2D eigenvalue weighted by molar-refractivity contribution is -0.120. The molecule has 0 N–H and O–H groups in total. The number of aromatic nitrogens is 3. The molecule has 10 heteroatoms. The van der Waals surface area contributed by atoms with Crippen LogP contribution < -0.4 is 4.90 Å². The van der Waals surface area contributed by atoms with E-state index < -0.39 is 8.32 Å². The molecule has 2 fully saturated rings. The Morgan fingerprint density at radius 2 is 1.79 bits per heavy atom. The first-order valence-corrected chi connectivity index (χ1v) is 17.6. The molecule has 2 aliphatic rings. The third-order valence-corrected chi connectivity index (χ3v) is 13.7. The molecule has 0 unspecified atom stereocenters. The minimum Gasteiger partial charge on any atom is -0.411 e. The van der Waals surface area contributed by atoms with Crippen molar-refractivity contribution < 1.29 is 18.7 Å². The molecule has 3 aromatic rings. The van der Waals surface area contributed by atoms with E-state index in [4.69, 9.17) is 18.9 Å². The Morgan fingerprint density at radius 3 is 2.46 bits per heavy atom. The van der Waals surface area contributed by atoms with Crippen molar-refractivity contribution in [3.63, 3.8) is 0 Å². The van der Waals surface area contributed by atoms with Crippen LogP contribution in [-0.2, 0) is 25.3 Å². The van der Waals surface area contributed by atoms with Gasteiger partial charge in [-0.3, -0.25) is 9.69 Å². The first-order chi connectivity index (χ1) is 18.6. The topological polar surface area (TPSA) is 86.7 Å². The first-order valence-electron chi connectivity index (χ1n) is 13.9. The van der Waals surface area contributed by atoms with E-state index in [1.165, 1.54) is 11.3 Å². The van der Waals surface area contributed by atoms with Gasteiger partial charge in [-0.1, -0.05) is 38.2 Å². The zero-order valence-corrected chi connectivity index (χ0v) is 25.7. The predicted molar refractivity (Wildman–Crippen MR) is 157 cm³/mol. The second-order valence-electron chi connectivity index (χ2n) is 12.2. The average Bonchev–Trinajstić information content (AvgIpc) is 3.52. The van der Waals surface area contributed by atoms with Crippen LogP contribution in [0.4, 0.5) is 5.13 Å². The molecule has 0 radical (unpaired) electrons. The quantitative estimate of drug-likeness (QED) is 0.202. The minimum atomic E-state index is -1.84. The van der Waals surface area contributed by atoms with Crippen LogP contribution in [0.2, 0.25) is 18.1 Å². The van der Waals surface area contributed by atoms with Gasteiger partial charge in [0, 0.05) is 31.0 Å². The summed E-state index contributed by atoms with van der Waals surface area (Å²) in [5, 5.41) is 0.854. The minimum absolute atomic E-state index is 0.0924. The van der Waals surface area contributed by atoms with Gasteiger partial charge in [-0.05, 0) is 67.9 Å². The molecule has 2 heterocycles. The highest BCUT2D eigenvalue weighted by Crippen LogP contribution is 2.40. The maximum absolute atomic E-state index is 12.7. The van der Waals surface area contributed by atoms with Gasteiger partial charge in [-0.15, -0.1) is 0 Å². The van der Waals surface area contributed by atoms with Crippen LogP contribution in [0, 0.1) is 5.92 Å². The largest absolute Gasteiger partial charge is 0.411 e. The fraction of sp³-hybridized carbons (Fsp3) is 0.586. The standard InChI is InChI=1S/C29H40N4O4SSi/c1-29(2,3)39(5,6)37-24-9-7-8-23(24)36-17-26-30-15-21(16-31-26)20-12-13-22-25(14-20)38-28(32-22)33(18-35-4)27(34)19-10-11-19/h12-16,19,23-24H,7-11,17-18H2,1-6H3/t23-,24-/m0/s1. The van der Waals surface area contributed by atoms with Gasteiger partial charge in [0.1, 0.15) is 13.3 Å². The van der Waals surface area contributed by atoms with Gasteiger partial charge in [-0.25, -0.2) is 15.0 Å². The summed E-state index contributed by atoms with van der Waals surface area (Å²) in [5.41, 5.74) is 2.80. The van der Waals surface area contributed by atoms with Crippen molar-refractivity contribution in [3.05, 3.63) is 36.4 Å². The Morgan fingerprint density at radius 1 is 1.08 bits per heavy atom. The van der Waals surface area contributed by atoms with Crippen LogP contribution in [0.5, 0.6) is 0 Å². The number of ether oxygens (including phenoxy) is 2. The van der Waals surface area contributed by atoms with E-state index in [1.807, 2.05) is 24.5 Å². The smallest absolute Gasteiger partial charge is 0.233 e. The van der Waals surface area contributed by atoms with E-state index in [0.717, 1.165) is 53.4 Å². The van der Waals surface area contributed by atoms with Crippen molar-refractivity contribution in [3.8, 4) is 11.1 Å². The molecule has 39 heavy (non-hydrogen) atoms. The van der Waals surface area contributed by atoms with Crippen LogP contribution in [0.25, 0.3) is 21.3 Å². The number of carbonyl (C=O) groups is 1. The van der Waals surface area contributed by atoms with Crippen LogP contribution in [0.1, 0.15) is 58.7 Å². The van der Waals surface area contributed by atoms with Gasteiger partial charge < -0.3 is 13.9 Å². The number of rotatable bonds is 10. The Bertz CT molecular complexity index is 1300. The number of methoxy groups -OCH3 is 1. The number of anilines is 1. The molecule has 0 bridgehead atoms. The van der Waals surface area contributed by atoms with E-state index in [0.29, 0.717) is 17.6 Å². The number of nitrogens with zero attached hydrogens (tertiary/aromatic N) is 4. The lowest BCUT2D eigenvalue weighted by Gasteiger charge is -2.39. The van der Waals surface area contributed by atoms with E-state index in [1.54, 1.807) is 12.0 Å². The van der Waals surface area contributed by atoms with E-state index >= 15 is 0 Å². The molecule has 1 aromatic carbocycles. The third-order valence-electron chi connectivity index (χ3n) is 8.17. The van der Waals surface area contributed by atoms with Gasteiger partial charge in [0.2, 0.25) is 5.91 Å². The van der Waals surface area contributed by atoms with Crippen molar-refractivity contribution in [1.29, 1.82) is 0 Å². The number of hydrogen-bond donors (Lipinski definition) is 0. The summed E-state index contributed by atoms with van der Waals surface area (Å²) < 4.78 is 19.2. The van der Waals surface area contributed by atoms with Crippen LogP contribution in [0.3, 0.4) is 0 Å². The van der Waals surface area contributed by atoms with Crippen LogP contribution >= 0.6 is 11.3 Å². The van der Waals surface area contributed by atoms with Gasteiger partial charge >= 0.3 is 0 Å². The number of amides is 1.